The van der Waals surface area contributed by atoms with E-state index in [1.165, 1.54) is 0 Å². The van der Waals surface area contributed by atoms with E-state index < -0.39 is 6.04 Å². The Morgan fingerprint density at radius 3 is 2.94 bits per heavy atom. The second-order valence-corrected chi connectivity index (χ2v) is 3.83. The van der Waals surface area contributed by atoms with Gasteiger partial charge in [0.2, 0.25) is 5.89 Å². The molecule has 0 bridgehead atoms. The second-order valence-electron chi connectivity index (χ2n) is 3.83. The second kappa shape index (κ2) is 5.61. The van der Waals surface area contributed by atoms with Crippen LogP contribution in [0.2, 0.25) is 0 Å². The summed E-state index contributed by atoms with van der Waals surface area (Å²) in [6.07, 6.45) is 0.492. The van der Waals surface area contributed by atoms with Gasteiger partial charge in [-0.3, -0.25) is 0 Å². The highest BCUT2D eigenvalue weighted by atomic mass is 16.5. The number of nitrogens with zero attached hydrogens (tertiary/aromatic N) is 2. The van der Waals surface area contributed by atoms with Gasteiger partial charge in [-0.2, -0.15) is 4.98 Å². The number of nitrogens with two attached hydrogens (primary N) is 1. The topological polar surface area (TPSA) is 94.4 Å². The van der Waals surface area contributed by atoms with Crippen molar-refractivity contribution in [1.82, 2.24) is 10.1 Å². The highest BCUT2D eigenvalue weighted by Gasteiger charge is 2.14. The van der Waals surface area contributed by atoms with Gasteiger partial charge < -0.3 is 20.1 Å². The number of benzene rings is 1. The molecule has 2 rings (SSSR count). The van der Waals surface area contributed by atoms with Crippen LogP contribution < -0.4 is 10.5 Å². The van der Waals surface area contributed by atoms with Crippen LogP contribution in [-0.2, 0) is 6.42 Å². The molecule has 0 fully saturated rings. The third-order valence-corrected chi connectivity index (χ3v) is 2.54. The summed E-state index contributed by atoms with van der Waals surface area (Å²) in [5.41, 5.74) is 6.55. The zero-order valence-corrected chi connectivity index (χ0v) is 10.0. The highest BCUT2D eigenvalue weighted by molar-refractivity contribution is 5.35. The van der Waals surface area contributed by atoms with Crippen molar-refractivity contribution in [2.24, 2.45) is 5.73 Å². The van der Waals surface area contributed by atoms with Crippen LogP contribution in [-0.4, -0.2) is 29.0 Å². The summed E-state index contributed by atoms with van der Waals surface area (Å²) < 4.78 is 10.2. The van der Waals surface area contributed by atoms with Gasteiger partial charge >= 0.3 is 0 Å². The van der Waals surface area contributed by atoms with Crippen LogP contribution in [0.1, 0.15) is 23.3 Å². The van der Waals surface area contributed by atoms with Crippen molar-refractivity contribution in [1.29, 1.82) is 0 Å². The average Bonchev–Trinajstić information content (AvgIpc) is 2.87. The molecule has 0 saturated heterocycles. The van der Waals surface area contributed by atoms with Crippen LogP contribution in [0.4, 0.5) is 0 Å². The maximum absolute atomic E-state index is 8.90. The zero-order chi connectivity index (χ0) is 13.0. The third kappa shape index (κ3) is 2.66. The lowest BCUT2D eigenvalue weighted by Gasteiger charge is -2.05. The minimum Gasteiger partial charge on any atom is -0.496 e. The summed E-state index contributed by atoms with van der Waals surface area (Å²) in [4.78, 5) is 4.13. The average molecular weight is 249 g/mol. The Kier molecular flexibility index (Phi) is 3.91. The monoisotopic (exact) mass is 249 g/mol. The third-order valence-electron chi connectivity index (χ3n) is 2.54. The number of aromatic nitrogens is 2. The molecule has 0 unspecified atom stereocenters. The van der Waals surface area contributed by atoms with Gasteiger partial charge in [0.25, 0.3) is 0 Å². The number of aliphatic hydroxyl groups is 1. The minimum atomic E-state index is -0.635. The van der Waals surface area contributed by atoms with E-state index in [0.29, 0.717) is 12.2 Å². The normalized spacial score (nSPS) is 12.4. The number of aliphatic hydroxyl groups excluding tert-OH is 1. The summed E-state index contributed by atoms with van der Waals surface area (Å²) >= 11 is 0. The first-order valence-corrected chi connectivity index (χ1v) is 5.55. The van der Waals surface area contributed by atoms with Crippen molar-refractivity contribution >= 4 is 0 Å². The summed E-state index contributed by atoms with van der Waals surface area (Å²) in [5.74, 6) is 1.52. The molecule has 3 N–H and O–H groups in total. The Morgan fingerprint density at radius 2 is 2.22 bits per heavy atom. The van der Waals surface area contributed by atoms with Gasteiger partial charge in [0.05, 0.1) is 13.7 Å². The summed E-state index contributed by atoms with van der Waals surface area (Å²) in [5, 5.41) is 12.7. The lowest BCUT2D eigenvalue weighted by molar-refractivity contribution is 0.236. The minimum absolute atomic E-state index is 0.226. The van der Waals surface area contributed by atoms with Gasteiger partial charge in [-0.1, -0.05) is 23.4 Å². The number of para-hydroxylation sites is 1. The molecule has 0 saturated carbocycles. The van der Waals surface area contributed by atoms with E-state index in [4.69, 9.17) is 20.1 Å². The maximum Gasteiger partial charge on any atom is 0.245 e. The van der Waals surface area contributed by atoms with Gasteiger partial charge in [0.1, 0.15) is 11.8 Å². The molecule has 6 nitrogen and oxygen atoms in total. The molecule has 96 valence electrons. The first-order valence-electron chi connectivity index (χ1n) is 5.55. The van der Waals surface area contributed by atoms with E-state index in [-0.39, 0.29) is 12.5 Å². The molecule has 0 amide bonds. The molecule has 6 heteroatoms. The maximum atomic E-state index is 8.90. The number of hydrogen-bond acceptors (Lipinski definition) is 6. The first-order chi connectivity index (χ1) is 8.74. The summed E-state index contributed by atoms with van der Waals surface area (Å²) in [7, 11) is 1.61. The molecule has 0 aliphatic heterocycles. The standard InChI is InChI=1S/C12H15N3O3/c1-17-10-5-3-2-4-8(10)6-11-14-12(18-15-11)9(13)7-16/h2-5,9,16H,6-7,13H2,1H3/t9-/m0/s1. The fourth-order valence-corrected chi connectivity index (χ4v) is 1.59. The number of hydrogen-bond donors (Lipinski definition) is 2. The number of rotatable bonds is 5. The van der Waals surface area contributed by atoms with Crippen molar-refractivity contribution in [3.05, 3.63) is 41.5 Å². The predicted molar refractivity (Wildman–Crippen MR) is 64.1 cm³/mol. The molecular formula is C12H15N3O3. The smallest absolute Gasteiger partial charge is 0.245 e. The molecule has 1 aromatic carbocycles. The van der Waals surface area contributed by atoms with Crippen LogP contribution in [0.5, 0.6) is 5.75 Å². The molecule has 0 spiro atoms. The molecule has 2 aromatic rings. The Bertz CT molecular complexity index is 513. The van der Waals surface area contributed by atoms with Crippen LogP contribution in [0.3, 0.4) is 0 Å². The van der Waals surface area contributed by atoms with Crippen molar-refractivity contribution in [2.75, 3.05) is 13.7 Å². The van der Waals surface area contributed by atoms with E-state index in [1.54, 1.807) is 7.11 Å². The highest BCUT2D eigenvalue weighted by Crippen LogP contribution is 2.20. The zero-order valence-electron chi connectivity index (χ0n) is 10.0. The molecule has 1 heterocycles. The van der Waals surface area contributed by atoms with E-state index in [1.807, 2.05) is 24.3 Å². The van der Waals surface area contributed by atoms with Crippen molar-refractivity contribution in [3.63, 3.8) is 0 Å². The van der Waals surface area contributed by atoms with Crippen molar-refractivity contribution in [3.8, 4) is 5.75 Å². The van der Waals surface area contributed by atoms with E-state index in [2.05, 4.69) is 10.1 Å². The quantitative estimate of drug-likeness (QED) is 0.808. The fraction of sp³-hybridized carbons (Fsp3) is 0.333. The number of ether oxygens (including phenoxy) is 1. The molecule has 0 radical (unpaired) electrons. The largest absolute Gasteiger partial charge is 0.496 e. The molecule has 18 heavy (non-hydrogen) atoms. The van der Waals surface area contributed by atoms with E-state index in [0.717, 1.165) is 11.3 Å². The lowest BCUT2D eigenvalue weighted by atomic mass is 10.1. The van der Waals surface area contributed by atoms with Crippen LogP contribution >= 0.6 is 0 Å². The van der Waals surface area contributed by atoms with Crippen LogP contribution in [0.15, 0.2) is 28.8 Å². The summed E-state index contributed by atoms with van der Waals surface area (Å²) in [6.45, 7) is -0.226. The van der Waals surface area contributed by atoms with Gasteiger partial charge in [-0.25, -0.2) is 0 Å². The summed E-state index contributed by atoms with van der Waals surface area (Å²) in [6, 6.07) is 6.98. The van der Waals surface area contributed by atoms with Crippen LogP contribution in [0.25, 0.3) is 0 Å². The molecule has 1 aromatic heterocycles. The fourth-order valence-electron chi connectivity index (χ4n) is 1.59. The van der Waals surface area contributed by atoms with E-state index >= 15 is 0 Å². The molecule has 1 atom stereocenters. The van der Waals surface area contributed by atoms with Gasteiger partial charge in [-0.15, -0.1) is 0 Å². The first kappa shape index (κ1) is 12.5. The molecular weight excluding hydrogens is 234 g/mol. The predicted octanol–water partition coefficient (Wildman–Crippen LogP) is 0.661. The Balaban J connectivity index is 2.16. The Morgan fingerprint density at radius 1 is 1.44 bits per heavy atom. The SMILES string of the molecule is COc1ccccc1Cc1noc([C@@H](N)CO)n1. The number of methoxy groups -OCH3 is 1. The van der Waals surface area contributed by atoms with Crippen molar-refractivity contribution in [2.45, 2.75) is 12.5 Å². The van der Waals surface area contributed by atoms with Gasteiger partial charge in [0.15, 0.2) is 5.82 Å². The van der Waals surface area contributed by atoms with Crippen molar-refractivity contribution < 1.29 is 14.4 Å². The molecule has 0 aliphatic rings. The lowest BCUT2D eigenvalue weighted by Crippen LogP contribution is -2.14. The van der Waals surface area contributed by atoms with Crippen LogP contribution in [0, 0.1) is 0 Å². The Labute approximate surface area is 104 Å². The Hall–Kier alpha value is -1.92. The van der Waals surface area contributed by atoms with Gasteiger partial charge in [-0.05, 0) is 6.07 Å². The van der Waals surface area contributed by atoms with Gasteiger partial charge in [0, 0.05) is 12.0 Å². The van der Waals surface area contributed by atoms with E-state index in [9.17, 15) is 0 Å². The molecule has 0 aliphatic carbocycles.